The van der Waals surface area contributed by atoms with Crippen LogP contribution in [0.15, 0.2) is 151 Å². The minimum atomic E-state index is -4.46. The van der Waals surface area contributed by atoms with E-state index in [0.29, 0.717) is 34.4 Å². The van der Waals surface area contributed by atoms with Crippen LogP contribution in [0.25, 0.3) is 21.5 Å². The van der Waals surface area contributed by atoms with E-state index >= 15 is 0 Å². The highest BCUT2D eigenvalue weighted by Crippen LogP contribution is 2.29. The van der Waals surface area contributed by atoms with E-state index in [-0.39, 0.29) is 55.3 Å². The molecule has 0 spiro atoms. The zero-order valence-corrected chi connectivity index (χ0v) is 34.1. The number of aryl methyl sites for hydroxylation is 2. The molecule has 1 aliphatic rings. The van der Waals surface area contributed by atoms with Gasteiger partial charge in [-0.25, -0.2) is 0 Å². The van der Waals surface area contributed by atoms with Crippen molar-refractivity contribution in [2.24, 2.45) is 10.3 Å². The summed E-state index contributed by atoms with van der Waals surface area (Å²) in [6.45, 7) is 3.66. The van der Waals surface area contributed by atoms with Gasteiger partial charge in [-0.05, 0) is 134 Å². The first-order valence-corrected chi connectivity index (χ1v) is 23.2. The van der Waals surface area contributed by atoms with E-state index in [9.17, 15) is 33.7 Å². The second kappa shape index (κ2) is 15.8. The van der Waals surface area contributed by atoms with Gasteiger partial charge in [0.15, 0.2) is 0 Å². The van der Waals surface area contributed by atoms with Crippen molar-refractivity contribution in [2.45, 2.75) is 59.1 Å². The molecule has 300 valence electrons. The van der Waals surface area contributed by atoms with E-state index in [1.54, 1.807) is 24.3 Å². The van der Waals surface area contributed by atoms with E-state index in [1.165, 1.54) is 97.1 Å². The van der Waals surface area contributed by atoms with Crippen LogP contribution in [0, 0.1) is 13.8 Å². The molecule has 58 heavy (non-hydrogen) atoms. The first-order chi connectivity index (χ1) is 27.5. The monoisotopic (exact) mass is 862 g/mol. The minimum absolute atomic E-state index is 0.0121. The molecular weight excluding hydrogens is 829 g/mol. The Morgan fingerprint density at radius 1 is 0.397 bits per heavy atom. The lowest BCUT2D eigenvalue weighted by atomic mass is 9.97. The summed E-state index contributed by atoms with van der Waals surface area (Å²) >= 11 is 0. The van der Waals surface area contributed by atoms with Crippen LogP contribution in [0.1, 0.15) is 36.8 Å². The minimum Gasteiger partial charge on any atom is -0.379 e. The highest BCUT2D eigenvalue weighted by molar-refractivity contribution is 7.87. The molecule has 0 bridgehead atoms. The molecule has 7 rings (SSSR count). The molecule has 0 atom stereocenters. The summed E-state index contributed by atoms with van der Waals surface area (Å²) in [7, 11) is -17.1. The molecule has 1 aliphatic carbocycles. The quantitative estimate of drug-likeness (QED) is 0.0867. The summed E-state index contributed by atoms with van der Waals surface area (Å²) in [4.78, 5) is -0.494. The Hall–Kier alpha value is -5.82. The highest BCUT2D eigenvalue weighted by atomic mass is 32.2. The highest BCUT2D eigenvalue weighted by Gasteiger charge is 2.24. The fraction of sp³-hybridized carbons (Fsp3) is 0.150. The Labute approximate surface area is 335 Å². The van der Waals surface area contributed by atoms with Crippen molar-refractivity contribution < 1.29 is 50.6 Å². The van der Waals surface area contributed by atoms with Crippen molar-refractivity contribution in [3.8, 4) is 11.5 Å². The molecule has 6 aromatic carbocycles. The molecule has 0 amide bonds. The van der Waals surface area contributed by atoms with Gasteiger partial charge >= 0.3 is 40.5 Å². The number of oxime groups is 2. The van der Waals surface area contributed by atoms with Crippen LogP contribution >= 0.6 is 0 Å². The largest absolute Gasteiger partial charge is 0.379 e. The Kier molecular flexibility index (Phi) is 11.0. The van der Waals surface area contributed by atoms with Gasteiger partial charge < -0.3 is 8.37 Å². The molecule has 1 saturated carbocycles. The van der Waals surface area contributed by atoms with Gasteiger partial charge in [-0.1, -0.05) is 70.0 Å². The van der Waals surface area contributed by atoms with E-state index in [0.717, 1.165) is 11.1 Å². The molecule has 14 nitrogen and oxygen atoms in total. The Bertz CT molecular complexity index is 2870. The molecule has 0 aliphatic heterocycles. The fourth-order valence-corrected chi connectivity index (χ4v) is 9.33. The predicted octanol–water partition coefficient (Wildman–Crippen LogP) is 7.54. The van der Waals surface area contributed by atoms with E-state index < -0.39 is 40.5 Å². The first kappa shape index (κ1) is 40.4. The maximum Gasteiger partial charge on any atom is 0.358 e. The number of hydrogen-bond acceptors (Lipinski definition) is 14. The SMILES string of the molecule is Cc1ccc(S(=O)(=O)Oc2ccc3cc(S(=O)(=O)O/N=C4\CCCC\C4=N/OS(=O)(=O)c4ccc5cc(OS(=O)(=O)c6ccc(C)cc6)ccc5c4)ccc3c2)cc1. The Morgan fingerprint density at radius 2 is 0.724 bits per heavy atom. The first-order valence-electron chi connectivity index (χ1n) is 17.6. The summed E-state index contributed by atoms with van der Waals surface area (Å²) in [5, 5.41) is 9.56. The van der Waals surface area contributed by atoms with Gasteiger partial charge in [-0.2, -0.15) is 33.7 Å². The van der Waals surface area contributed by atoms with Gasteiger partial charge in [0.25, 0.3) is 0 Å². The van der Waals surface area contributed by atoms with Gasteiger partial charge in [0, 0.05) is 0 Å². The van der Waals surface area contributed by atoms with Gasteiger partial charge in [0.05, 0.1) is 0 Å². The molecule has 0 saturated heterocycles. The van der Waals surface area contributed by atoms with E-state index in [1.807, 2.05) is 13.8 Å². The molecular formula is C40H34N2O12S4. The topological polar surface area (TPSA) is 198 Å². The maximum absolute atomic E-state index is 13.2. The maximum atomic E-state index is 13.2. The second-order valence-corrected chi connectivity index (χ2v) is 19.5. The molecule has 0 aromatic heterocycles. The van der Waals surface area contributed by atoms with Crippen LogP contribution in [-0.4, -0.2) is 45.1 Å². The van der Waals surface area contributed by atoms with Crippen LogP contribution in [-0.2, 0) is 49.0 Å². The average Bonchev–Trinajstić information content (AvgIpc) is 3.19. The second-order valence-electron chi connectivity index (χ2n) is 13.4. The van der Waals surface area contributed by atoms with E-state index in [4.69, 9.17) is 16.9 Å². The molecule has 0 N–H and O–H groups in total. The summed E-state index contributed by atoms with van der Waals surface area (Å²) in [5.41, 5.74) is 1.96. The average molecular weight is 863 g/mol. The van der Waals surface area contributed by atoms with Crippen LogP contribution < -0.4 is 8.37 Å². The summed E-state index contributed by atoms with van der Waals surface area (Å²) in [6.07, 6.45) is 1.70. The third-order valence-electron chi connectivity index (χ3n) is 9.08. The smallest absolute Gasteiger partial charge is 0.358 e. The zero-order chi connectivity index (χ0) is 41.3. The molecule has 1 fully saturated rings. The standard InChI is InChI=1S/C40H34N2O12S4/c1-27-7-17-35(18-8-27)55(43,44)51-33-15-11-31-25-37(21-13-29(31)23-33)57(47,48)53-41-39-5-3-4-6-40(39)42-54-58(49,50)38-22-14-30-24-34(16-12-32(30)26-38)52-56(45,46)36-19-9-28(2)10-20-36/h7-26H,3-6H2,1-2H3/b41-39+,42-40+. The molecule has 0 heterocycles. The van der Waals surface area contributed by atoms with E-state index in [2.05, 4.69) is 10.3 Å². The van der Waals surface area contributed by atoms with Crippen LogP contribution in [0.4, 0.5) is 0 Å². The van der Waals surface area contributed by atoms with Crippen molar-refractivity contribution in [3.05, 3.63) is 132 Å². The number of nitrogens with zero attached hydrogens (tertiary/aromatic N) is 2. The lowest BCUT2D eigenvalue weighted by molar-refractivity contribution is 0.331. The fourth-order valence-electron chi connectivity index (χ4n) is 5.92. The van der Waals surface area contributed by atoms with Gasteiger partial charge in [-0.3, -0.25) is 8.57 Å². The molecule has 18 heteroatoms. The van der Waals surface area contributed by atoms with Crippen molar-refractivity contribution >= 4 is 73.4 Å². The lowest BCUT2D eigenvalue weighted by Crippen LogP contribution is -2.21. The molecule has 6 aromatic rings. The summed E-state index contributed by atoms with van der Waals surface area (Å²) in [5.74, 6) is 0.0717. The molecule has 0 unspecified atom stereocenters. The predicted molar refractivity (Wildman–Crippen MR) is 216 cm³/mol. The number of benzene rings is 6. The van der Waals surface area contributed by atoms with Gasteiger partial charge in [0.2, 0.25) is 0 Å². The van der Waals surface area contributed by atoms with Crippen LogP contribution in [0.2, 0.25) is 0 Å². The number of rotatable bonds is 12. The van der Waals surface area contributed by atoms with Gasteiger partial charge in [-0.15, -0.1) is 0 Å². The van der Waals surface area contributed by atoms with Crippen LogP contribution in [0.3, 0.4) is 0 Å². The van der Waals surface area contributed by atoms with Crippen molar-refractivity contribution in [1.82, 2.24) is 0 Å². The normalized spacial score (nSPS) is 15.4. The van der Waals surface area contributed by atoms with Crippen LogP contribution in [0.5, 0.6) is 11.5 Å². The number of hydrogen-bond donors (Lipinski definition) is 0. The van der Waals surface area contributed by atoms with Crippen molar-refractivity contribution in [2.75, 3.05) is 0 Å². The van der Waals surface area contributed by atoms with Crippen molar-refractivity contribution in [3.63, 3.8) is 0 Å². The Morgan fingerprint density at radius 3 is 1.10 bits per heavy atom. The lowest BCUT2D eigenvalue weighted by Gasteiger charge is -2.14. The summed E-state index contributed by atoms with van der Waals surface area (Å²) in [6, 6.07) is 29.2. The summed E-state index contributed by atoms with van der Waals surface area (Å²) < 4.78 is 124. The van der Waals surface area contributed by atoms with Crippen molar-refractivity contribution in [1.29, 1.82) is 0 Å². The number of fused-ring (bicyclic) bond motifs is 2. The molecule has 0 radical (unpaired) electrons. The van der Waals surface area contributed by atoms with Gasteiger partial charge in [0.1, 0.15) is 42.5 Å². The Balaban J connectivity index is 1.03. The third kappa shape index (κ3) is 9.15. The third-order valence-corrected chi connectivity index (χ3v) is 13.8. The zero-order valence-electron chi connectivity index (χ0n) is 30.8.